The minimum absolute atomic E-state index is 0.100. The highest BCUT2D eigenvalue weighted by Crippen LogP contribution is 2.21. The smallest absolute Gasteiger partial charge is 0.323 e. The summed E-state index contributed by atoms with van der Waals surface area (Å²) < 4.78 is 0. The van der Waals surface area contributed by atoms with Gasteiger partial charge in [-0.15, -0.1) is 0 Å². The van der Waals surface area contributed by atoms with E-state index in [-0.39, 0.29) is 30.3 Å². The molecule has 0 unspecified atom stereocenters. The van der Waals surface area contributed by atoms with E-state index in [1.165, 1.54) is 11.8 Å². The third-order valence-corrected chi connectivity index (χ3v) is 5.37. The van der Waals surface area contributed by atoms with Gasteiger partial charge in [0.1, 0.15) is 6.54 Å². The van der Waals surface area contributed by atoms with Crippen molar-refractivity contribution in [3.05, 3.63) is 17.0 Å². The van der Waals surface area contributed by atoms with E-state index in [0.717, 1.165) is 23.4 Å². The molecule has 0 radical (unpaired) electrons. The highest BCUT2D eigenvalue weighted by Gasteiger charge is 2.29. The van der Waals surface area contributed by atoms with Crippen molar-refractivity contribution in [1.82, 2.24) is 20.0 Å². The largest absolute Gasteiger partial charge is 0.480 e. The Hall–Kier alpha value is -2.38. The van der Waals surface area contributed by atoms with E-state index in [1.807, 2.05) is 25.7 Å². The molecule has 2 atom stereocenters. The van der Waals surface area contributed by atoms with Gasteiger partial charge < -0.3 is 14.9 Å². The predicted molar refractivity (Wildman–Crippen MR) is 100 cm³/mol. The van der Waals surface area contributed by atoms with Gasteiger partial charge in [0.15, 0.2) is 0 Å². The van der Waals surface area contributed by atoms with Gasteiger partial charge in [-0.25, -0.2) is 0 Å². The van der Waals surface area contributed by atoms with Crippen LogP contribution in [0.15, 0.2) is 0 Å². The van der Waals surface area contributed by atoms with Crippen LogP contribution in [0.5, 0.6) is 0 Å². The number of aromatic amines is 1. The number of H-pyrrole nitrogens is 1. The van der Waals surface area contributed by atoms with Crippen LogP contribution < -0.4 is 0 Å². The molecule has 1 saturated heterocycles. The molecular weight excluding hydrogens is 348 g/mol. The molecule has 8 heteroatoms. The van der Waals surface area contributed by atoms with Gasteiger partial charge in [0.25, 0.3) is 0 Å². The van der Waals surface area contributed by atoms with Crippen LogP contribution >= 0.6 is 0 Å². The lowest BCUT2D eigenvalue weighted by atomic mass is 9.98. The molecule has 150 valence electrons. The summed E-state index contributed by atoms with van der Waals surface area (Å²) in [5.74, 6) is -1.30. The summed E-state index contributed by atoms with van der Waals surface area (Å²) in [6, 6.07) is -0.134. The summed E-state index contributed by atoms with van der Waals surface area (Å²) in [5.41, 5.74) is 3.01. The number of nitrogens with zero attached hydrogens (tertiary/aromatic N) is 3. The number of carbonyl (C=O) groups excluding carboxylic acids is 2. The van der Waals surface area contributed by atoms with Gasteiger partial charge in [-0.05, 0) is 45.1 Å². The zero-order valence-electron chi connectivity index (χ0n) is 16.6. The van der Waals surface area contributed by atoms with Crippen LogP contribution in [-0.4, -0.2) is 68.6 Å². The van der Waals surface area contributed by atoms with Crippen molar-refractivity contribution in [2.45, 2.75) is 59.4 Å². The lowest BCUT2D eigenvalue weighted by molar-refractivity contribution is -0.145. The number of amides is 2. The zero-order valence-corrected chi connectivity index (χ0v) is 16.6. The molecule has 0 saturated carbocycles. The summed E-state index contributed by atoms with van der Waals surface area (Å²) in [7, 11) is 0. The fourth-order valence-electron chi connectivity index (χ4n) is 3.83. The third-order valence-electron chi connectivity index (χ3n) is 5.37. The molecule has 1 aromatic rings. The van der Waals surface area contributed by atoms with E-state index in [9.17, 15) is 14.4 Å². The first-order chi connectivity index (χ1) is 12.7. The standard InChI is InChI=1S/C19H30N4O4/c1-12(10-17-13(2)20-21-14(17)3)19(27)22-8-5-6-16(7-9-22)23(15(4)24)11-18(25)26/h12,16H,5-11H2,1-4H3,(H,20,21)(H,25,26)/t12-,16-/m1/s1. The van der Waals surface area contributed by atoms with Gasteiger partial charge in [0.05, 0.1) is 5.69 Å². The lowest BCUT2D eigenvalue weighted by Crippen LogP contribution is -2.43. The molecule has 1 aliphatic rings. The van der Waals surface area contributed by atoms with Crippen molar-refractivity contribution in [1.29, 1.82) is 0 Å². The number of aryl methyl sites for hydroxylation is 2. The van der Waals surface area contributed by atoms with E-state index in [2.05, 4.69) is 10.2 Å². The maximum atomic E-state index is 12.9. The second-order valence-electron chi connectivity index (χ2n) is 7.47. The lowest BCUT2D eigenvalue weighted by Gasteiger charge is -2.29. The van der Waals surface area contributed by atoms with Crippen LogP contribution in [0.3, 0.4) is 0 Å². The van der Waals surface area contributed by atoms with E-state index < -0.39 is 5.97 Å². The summed E-state index contributed by atoms with van der Waals surface area (Å²) in [4.78, 5) is 39.1. The van der Waals surface area contributed by atoms with Crippen LogP contribution in [-0.2, 0) is 20.8 Å². The fraction of sp³-hybridized carbons (Fsp3) is 0.684. The molecule has 0 bridgehead atoms. The summed E-state index contributed by atoms with van der Waals surface area (Å²) >= 11 is 0. The van der Waals surface area contributed by atoms with Crippen LogP contribution in [0.2, 0.25) is 0 Å². The number of hydrogen-bond donors (Lipinski definition) is 2. The van der Waals surface area contributed by atoms with Crippen molar-refractivity contribution in [2.24, 2.45) is 5.92 Å². The van der Waals surface area contributed by atoms with Crippen LogP contribution in [0.1, 0.15) is 50.1 Å². The second-order valence-corrected chi connectivity index (χ2v) is 7.47. The number of carboxylic acid groups (broad SMARTS) is 1. The monoisotopic (exact) mass is 378 g/mol. The van der Waals surface area contributed by atoms with Gasteiger partial charge >= 0.3 is 5.97 Å². The quantitative estimate of drug-likeness (QED) is 0.780. The first-order valence-electron chi connectivity index (χ1n) is 9.49. The van der Waals surface area contributed by atoms with Crippen molar-refractivity contribution < 1.29 is 19.5 Å². The molecule has 2 heterocycles. The normalized spacial score (nSPS) is 18.7. The number of carboxylic acids is 1. The number of rotatable bonds is 6. The molecular formula is C19H30N4O4. The van der Waals surface area contributed by atoms with Crippen LogP contribution in [0, 0.1) is 19.8 Å². The predicted octanol–water partition coefficient (Wildman–Crippen LogP) is 1.52. The fourth-order valence-corrected chi connectivity index (χ4v) is 3.83. The average Bonchev–Trinajstić information content (AvgIpc) is 2.80. The highest BCUT2D eigenvalue weighted by molar-refractivity contribution is 5.80. The van der Waals surface area contributed by atoms with Crippen molar-refractivity contribution in [2.75, 3.05) is 19.6 Å². The van der Waals surface area contributed by atoms with Gasteiger partial charge in [0.2, 0.25) is 11.8 Å². The molecule has 1 aromatic heterocycles. The van der Waals surface area contributed by atoms with Crippen molar-refractivity contribution in [3.63, 3.8) is 0 Å². The van der Waals surface area contributed by atoms with Crippen molar-refractivity contribution in [3.8, 4) is 0 Å². The number of hydrogen-bond acceptors (Lipinski definition) is 4. The van der Waals surface area contributed by atoms with E-state index in [1.54, 1.807) is 0 Å². The number of likely N-dealkylation sites (tertiary alicyclic amines) is 1. The van der Waals surface area contributed by atoms with Crippen LogP contribution in [0.25, 0.3) is 0 Å². The van der Waals surface area contributed by atoms with Crippen molar-refractivity contribution >= 4 is 17.8 Å². The first kappa shape index (κ1) is 20.9. The Morgan fingerprint density at radius 1 is 1.30 bits per heavy atom. The maximum absolute atomic E-state index is 12.9. The SMILES string of the molecule is CC(=O)N(CC(=O)O)[C@@H]1CCCN(C(=O)[C@H](C)Cc2c(C)n[nH]c2C)CC1. The number of aromatic nitrogens is 2. The highest BCUT2D eigenvalue weighted by atomic mass is 16.4. The van der Waals surface area contributed by atoms with E-state index in [0.29, 0.717) is 32.4 Å². The summed E-state index contributed by atoms with van der Waals surface area (Å²) in [6.45, 7) is 8.12. The Labute approximate surface area is 159 Å². The van der Waals surface area contributed by atoms with E-state index in [4.69, 9.17) is 5.11 Å². The third kappa shape index (κ3) is 5.30. The molecule has 2 amide bonds. The zero-order chi connectivity index (χ0) is 20.1. The minimum atomic E-state index is -1.01. The number of nitrogens with one attached hydrogen (secondary N) is 1. The Bertz CT molecular complexity index is 680. The average molecular weight is 378 g/mol. The Kier molecular flexibility index (Phi) is 6.98. The molecule has 8 nitrogen and oxygen atoms in total. The molecule has 1 fully saturated rings. The Balaban J connectivity index is 1.99. The molecule has 2 N–H and O–H groups in total. The molecule has 2 rings (SSSR count). The van der Waals surface area contributed by atoms with E-state index >= 15 is 0 Å². The molecule has 1 aliphatic heterocycles. The summed E-state index contributed by atoms with van der Waals surface area (Å²) in [5, 5.41) is 16.2. The molecule has 0 aliphatic carbocycles. The van der Waals surface area contributed by atoms with Gasteiger partial charge in [-0.1, -0.05) is 6.92 Å². The van der Waals surface area contributed by atoms with Gasteiger partial charge in [-0.3, -0.25) is 19.5 Å². The number of aliphatic carboxylic acids is 1. The Morgan fingerprint density at radius 3 is 2.56 bits per heavy atom. The molecule has 0 spiro atoms. The Morgan fingerprint density at radius 2 is 2.00 bits per heavy atom. The maximum Gasteiger partial charge on any atom is 0.323 e. The topological polar surface area (TPSA) is 107 Å². The second kappa shape index (κ2) is 9.01. The van der Waals surface area contributed by atoms with Gasteiger partial charge in [0, 0.05) is 37.7 Å². The molecule has 27 heavy (non-hydrogen) atoms. The minimum Gasteiger partial charge on any atom is -0.480 e. The van der Waals surface area contributed by atoms with Crippen LogP contribution in [0.4, 0.5) is 0 Å². The van der Waals surface area contributed by atoms with Gasteiger partial charge in [-0.2, -0.15) is 5.10 Å². The first-order valence-corrected chi connectivity index (χ1v) is 9.49. The molecule has 0 aromatic carbocycles. The number of carbonyl (C=O) groups is 3. The summed E-state index contributed by atoms with van der Waals surface area (Å²) in [6.07, 6.45) is 2.72.